The average molecular weight is 520 g/mol. The topological polar surface area (TPSA) is 84.7 Å². The molecule has 0 spiro atoms. The van der Waals surface area contributed by atoms with E-state index in [0.717, 1.165) is 24.4 Å². The predicted molar refractivity (Wildman–Crippen MR) is 140 cm³/mol. The van der Waals surface area contributed by atoms with Crippen LogP contribution in [-0.4, -0.2) is 79.2 Å². The molecule has 9 nitrogen and oxygen atoms in total. The van der Waals surface area contributed by atoms with E-state index in [2.05, 4.69) is 4.90 Å². The maximum atomic E-state index is 13.8. The Morgan fingerprint density at radius 2 is 1.68 bits per heavy atom. The molecule has 2 amide bonds. The van der Waals surface area contributed by atoms with Crippen LogP contribution in [0.3, 0.4) is 0 Å². The Hall–Kier alpha value is -3.82. The second-order valence-corrected chi connectivity index (χ2v) is 9.50. The van der Waals surface area contributed by atoms with Crippen LogP contribution in [0, 0.1) is 6.92 Å². The number of fused-ring (bicyclic) bond motifs is 1. The van der Waals surface area contributed by atoms with Gasteiger partial charge in [0.2, 0.25) is 12.7 Å². The van der Waals surface area contributed by atoms with Crippen LogP contribution in [0.5, 0.6) is 11.5 Å². The summed E-state index contributed by atoms with van der Waals surface area (Å²) in [5.41, 5.74) is 1.46. The summed E-state index contributed by atoms with van der Waals surface area (Å²) in [6.07, 6.45) is 0. The molecular weight excluding hydrogens is 486 g/mol. The number of ether oxygens (including phenoxy) is 3. The highest BCUT2D eigenvalue weighted by Crippen LogP contribution is 2.32. The fourth-order valence-electron chi connectivity index (χ4n) is 4.61. The van der Waals surface area contributed by atoms with E-state index in [1.54, 1.807) is 28.0 Å². The first kappa shape index (κ1) is 25.8. The van der Waals surface area contributed by atoms with Gasteiger partial charge < -0.3 is 28.4 Å². The molecule has 0 atom stereocenters. The molecule has 3 aromatic rings. The van der Waals surface area contributed by atoms with Crippen LogP contribution in [0.15, 0.2) is 65.1 Å². The minimum absolute atomic E-state index is 0.0514. The number of nitrogens with zero attached hydrogens (tertiary/aromatic N) is 3. The van der Waals surface area contributed by atoms with Crippen LogP contribution in [0.1, 0.15) is 27.4 Å². The van der Waals surface area contributed by atoms with E-state index < -0.39 is 0 Å². The Morgan fingerprint density at radius 1 is 0.895 bits per heavy atom. The molecule has 38 heavy (non-hydrogen) atoms. The number of hydrogen-bond donors (Lipinski definition) is 0. The number of carbonyl (C=O) groups excluding carboxylic acids is 2. The molecule has 2 aliphatic rings. The van der Waals surface area contributed by atoms with Crippen LogP contribution in [0.25, 0.3) is 0 Å². The minimum Gasteiger partial charge on any atom is -0.464 e. The fraction of sp³-hybridized carbons (Fsp3) is 0.379. The van der Waals surface area contributed by atoms with E-state index in [4.69, 9.17) is 18.6 Å². The first-order chi connectivity index (χ1) is 18.5. The van der Waals surface area contributed by atoms with Crippen LogP contribution < -0.4 is 9.47 Å². The summed E-state index contributed by atoms with van der Waals surface area (Å²) in [4.78, 5) is 33.1. The van der Waals surface area contributed by atoms with E-state index in [1.807, 2.05) is 49.4 Å². The second-order valence-electron chi connectivity index (χ2n) is 9.50. The molecule has 0 saturated carbocycles. The highest BCUT2D eigenvalue weighted by atomic mass is 16.7. The summed E-state index contributed by atoms with van der Waals surface area (Å²) in [6, 6.07) is 18.7. The van der Waals surface area contributed by atoms with Gasteiger partial charge in [0, 0.05) is 38.3 Å². The molecular formula is C29H33N3O6. The number of aryl methyl sites for hydroxylation is 1. The predicted octanol–water partition coefficient (Wildman–Crippen LogP) is 3.32. The highest BCUT2D eigenvalue weighted by Gasteiger charge is 2.26. The molecule has 200 valence electrons. The minimum atomic E-state index is -0.224. The van der Waals surface area contributed by atoms with Crippen LogP contribution >= 0.6 is 0 Å². The zero-order valence-electron chi connectivity index (χ0n) is 21.6. The fourth-order valence-corrected chi connectivity index (χ4v) is 4.61. The molecule has 0 unspecified atom stereocenters. The first-order valence-electron chi connectivity index (χ1n) is 12.9. The van der Waals surface area contributed by atoms with E-state index in [0.29, 0.717) is 62.2 Å². The monoisotopic (exact) mass is 519 g/mol. The standard InChI is InChI=1S/C29H33N3O6/c1-22-7-9-25(38-22)19-32(18-23-5-3-2-4-6-23)28(33)20-31(12-11-30-13-15-35-16-14-30)29(34)24-8-10-26-27(17-24)37-21-36-26/h2-10,17H,11-16,18-21H2,1H3. The molecule has 1 saturated heterocycles. The van der Waals surface area contributed by atoms with Crippen molar-refractivity contribution in [2.45, 2.75) is 20.0 Å². The number of morpholine rings is 1. The van der Waals surface area contributed by atoms with Crippen molar-refractivity contribution < 1.29 is 28.2 Å². The summed E-state index contributed by atoms with van der Waals surface area (Å²) < 4.78 is 22.1. The van der Waals surface area contributed by atoms with Crippen molar-refractivity contribution >= 4 is 11.8 Å². The molecule has 0 radical (unpaired) electrons. The van der Waals surface area contributed by atoms with Crippen molar-refractivity contribution in [1.29, 1.82) is 0 Å². The van der Waals surface area contributed by atoms with Gasteiger partial charge in [-0.3, -0.25) is 14.5 Å². The number of carbonyl (C=O) groups is 2. The van der Waals surface area contributed by atoms with Crippen LogP contribution in [0.2, 0.25) is 0 Å². The summed E-state index contributed by atoms with van der Waals surface area (Å²) in [5.74, 6) is 2.26. The molecule has 2 aromatic carbocycles. The van der Waals surface area contributed by atoms with Crippen molar-refractivity contribution in [3.05, 3.63) is 83.3 Å². The van der Waals surface area contributed by atoms with Gasteiger partial charge in [-0.15, -0.1) is 0 Å². The van der Waals surface area contributed by atoms with Crippen molar-refractivity contribution in [2.75, 3.05) is 52.7 Å². The lowest BCUT2D eigenvalue weighted by molar-refractivity contribution is -0.133. The lowest BCUT2D eigenvalue weighted by atomic mass is 10.1. The van der Waals surface area contributed by atoms with Crippen LogP contribution in [0.4, 0.5) is 0 Å². The van der Waals surface area contributed by atoms with Gasteiger partial charge in [-0.05, 0) is 42.8 Å². The number of furan rings is 1. The van der Waals surface area contributed by atoms with E-state index in [-0.39, 0.29) is 25.2 Å². The summed E-state index contributed by atoms with van der Waals surface area (Å²) in [6.45, 7) is 6.70. The third-order valence-electron chi connectivity index (χ3n) is 6.73. The summed E-state index contributed by atoms with van der Waals surface area (Å²) in [5, 5.41) is 0. The normalized spacial score (nSPS) is 14.9. The molecule has 0 aliphatic carbocycles. The molecule has 2 aliphatic heterocycles. The quantitative estimate of drug-likeness (QED) is 0.406. The number of amides is 2. The van der Waals surface area contributed by atoms with E-state index in [9.17, 15) is 9.59 Å². The summed E-state index contributed by atoms with van der Waals surface area (Å²) >= 11 is 0. The van der Waals surface area contributed by atoms with Gasteiger partial charge in [-0.1, -0.05) is 30.3 Å². The lowest BCUT2D eigenvalue weighted by Gasteiger charge is -2.31. The zero-order chi connectivity index (χ0) is 26.3. The van der Waals surface area contributed by atoms with Crippen molar-refractivity contribution in [3.8, 4) is 11.5 Å². The Bertz CT molecular complexity index is 1240. The number of rotatable bonds is 10. The van der Waals surface area contributed by atoms with Crippen molar-refractivity contribution in [2.24, 2.45) is 0 Å². The first-order valence-corrected chi connectivity index (χ1v) is 12.9. The third kappa shape index (κ3) is 6.54. The number of benzene rings is 2. The van der Waals surface area contributed by atoms with Gasteiger partial charge in [-0.25, -0.2) is 0 Å². The van der Waals surface area contributed by atoms with E-state index >= 15 is 0 Å². The molecule has 3 heterocycles. The van der Waals surface area contributed by atoms with Crippen molar-refractivity contribution in [1.82, 2.24) is 14.7 Å². The molecule has 0 bridgehead atoms. The van der Waals surface area contributed by atoms with Gasteiger partial charge in [0.1, 0.15) is 18.1 Å². The SMILES string of the molecule is Cc1ccc(CN(Cc2ccccc2)C(=O)CN(CCN2CCOCC2)C(=O)c2ccc3c(c2)OCO3)o1. The largest absolute Gasteiger partial charge is 0.464 e. The van der Waals surface area contributed by atoms with Gasteiger partial charge in [0.05, 0.1) is 19.8 Å². The second kappa shape index (κ2) is 12.1. The average Bonchev–Trinajstić information content (AvgIpc) is 3.59. The Kier molecular flexibility index (Phi) is 8.25. The molecule has 9 heteroatoms. The van der Waals surface area contributed by atoms with Gasteiger partial charge >= 0.3 is 0 Å². The molecule has 1 aromatic heterocycles. The lowest BCUT2D eigenvalue weighted by Crippen LogP contribution is -2.47. The maximum absolute atomic E-state index is 13.8. The van der Waals surface area contributed by atoms with Crippen molar-refractivity contribution in [3.63, 3.8) is 0 Å². The Morgan fingerprint density at radius 3 is 2.45 bits per heavy atom. The van der Waals surface area contributed by atoms with E-state index in [1.165, 1.54) is 0 Å². The Balaban J connectivity index is 1.35. The Labute approximate surface area is 222 Å². The third-order valence-corrected chi connectivity index (χ3v) is 6.73. The maximum Gasteiger partial charge on any atom is 0.254 e. The molecule has 0 N–H and O–H groups in total. The van der Waals surface area contributed by atoms with Gasteiger partial charge in [0.25, 0.3) is 5.91 Å². The smallest absolute Gasteiger partial charge is 0.254 e. The van der Waals surface area contributed by atoms with Gasteiger partial charge in [-0.2, -0.15) is 0 Å². The van der Waals surface area contributed by atoms with Crippen LogP contribution in [-0.2, 0) is 22.6 Å². The van der Waals surface area contributed by atoms with Gasteiger partial charge in [0.15, 0.2) is 11.5 Å². The zero-order valence-corrected chi connectivity index (χ0v) is 21.6. The highest BCUT2D eigenvalue weighted by molar-refractivity contribution is 5.97. The molecule has 1 fully saturated rings. The summed E-state index contributed by atoms with van der Waals surface area (Å²) in [7, 11) is 0. The number of hydrogen-bond acceptors (Lipinski definition) is 7. The molecule has 5 rings (SSSR count).